The number of benzene rings is 1. The normalized spacial score (nSPS) is 10.4. The topological polar surface area (TPSA) is 68.1 Å². The van der Waals surface area contributed by atoms with E-state index in [1.807, 2.05) is 12.1 Å². The van der Waals surface area contributed by atoms with Gasteiger partial charge in [0.1, 0.15) is 5.02 Å². The zero-order valence-corrected chi connectivity index (χ0v) is 10.8. The number of pyridine rings is 1. The third kappa shape index (κ3) is 3.74. The summed E-state index contributed by atoms with van der Waals surface area (Å²) < 4.78 is 0. The van der Waals surface area contributed by atoms with E-state index in [4.69, 9.17) is 11.6 Å². The van der Waals surface area contributed by atoms with Gasteiger partial charge in [0.15, 0.2) is 0 Å². The SMILES string of the molecule is O=[N+]([O-])c1cc(CNCc2ccncc2)ccc1Cl. The van der Waals surface area contributed by atoms with Crippen molar-refractivity contribution in [1.29, 1.82) is 0 Å². The number of nitro groups is 1. The minimum Gasteiger partial charge on any atom is -0.309 e. The fourth-order valence-corrected chi connectivity index (χ4v) is 1.85. The van der Waals surface area contributed by atoms with E-state index in [1.165, 1.54) is 6.07 Å². The molecule has 1 aromatic heterocycles. The summed E-state index contributed by atoms with van der Waals surface area (Å²) in [4.78, 5) is 14.2. The molecule has 2 rings (SSSR count). The molecule has 0 aliphatic heterocycles. The van der Waals surface area contributed by atoms with E-state index < -0.39 is 4.92 Å². The number of rotatable bonds is 5. The van der Waals surface area contributed by atoms with Crippen molar-refractivity contribution >= 4 is 17.3 Å². The summed E-state index contributed by atoms with van der Waals surface area (Å²) in [5.41, 5.74) is 1.87. The molecule has 98 valence electrons. The summed E-state index contributed by atoms with van der Waals surface area (Å²) in [5.74, 6) is 0. The van der Waals surface area contributed by atoms with Gasteiger partial charge in [-0.2, -0.15) is 0 Å². The number of nitrogens with one attached hydrogen (secondary N) is 1. The summed E-state index contributed by atoms with van der Waals surface area (Å²) in [7, 11) is 0. The molecule has 0 saturated heterocycles. The van der Waals surface area contributed by atoms with E-state index in [1.54, 1.807) is 24.5 Å². The van der Waals surface area contributed by atoms with Gasteiger partial charge in [0, 0.05) is 31.5 Å². The fourth-order valence-electron chi connectivity index (χ4n) is 1.66. The lowest BCUT2D eigenvalue weighted by molar-refractivity contribution is -0.384. The standard InChI is InChI=1S/C13H12ClN3O2/c14-12-2-1-11(7-13(12)17(18)19)9-16-8-10-3-5-15-6-4-10/h1-7,16H,8-9H2. The van der Waals surface area contributed by atoms with Crippen molar-refractivity contribution in [1.82, 2.24) is 10.3 Å². The molecule has 0 amide bonds. The van der Waals surface area contributed by atoms with Crippen molar-refractivity contribution in [3.63, 3.8) is 0 Å². The Labute approximate surface area is 115 Å². The van der Waals surface area contributed by atoms with Crippen molar-refractivity contribution < 1.29 is 4.92 Å². The molecule has 0 fully saturated rings. The van der Waals surface area contributed by atoms with Crippen LogP contribution in [0.1, 0.15) is 11.1 Å². The summed E-state index contributed by atoms with van der Waals surface area (Å²) in [6.07, 6.45) is 3.45. The number of hydrogen-bond donors (Lipinski definition) is 1. The highest BCUT2D eigenvalue weighted by Gasteiger charge is 2.12. The first-order valence-corrected chi connectivity index (χ1v) is 6.07. The second kappa shape index (κ2) is 6.26. The maximum absolute atomic E-state index is 10.8. The maximum atomic E-state index is 10.8. The average Bonchev–Trinajstić information content (AvgIpc) is 2.41. The first-order chi connectivity index (χ1) is 9.16. The summed E-state index contributed by atoms with van der Waals surface area (Å²) in [5, 5.41) is 14.1. The van der Waals surface area contributed by atoms with Gasteiger partial charge < -0.3 is 5.32 Å². The van der Waals surface area contributed by atoms with Crippen molar-refractivity contribution in [2.45, 2.75) is 13.1 Å². The minimum atomic E-state index is -0.477. The zero-order chi connectivity index (χ0) is 13.7. The predicted octanol–water partition coefficient (Wildman–Crippen LogP) is 2.93. The van der Waals surface area contributed by atoms with E-state index in [0.29, 0.717) is 13.1 Å². The molecule has 1 heterocycles. The van der Waals surface area contributed by atoms with Crippen LogP contribution in [0.3, 0.4) is 0 Å². The molecule has 0 bridgehead atoms. The number of nitro benzene ring substituents is 1. The number of halogens is 1. The van der Waals surface area contributed by atoms with E-state index in [2.05, 4.69) is 10.3 Å². The third-order valence-electron chi connectivity index (χ3n) is 2.61. The van der Waals surface area contributed by atoms with Gasteiger partial charge in [0.25, 0.3) is 5.69 Å². The Hall–Kier alpha value is -1.98. The second-order valence-electron chi connectivity index (χ2n) is 4.00. The molecule has 2 aromatic rings. The van der Waals surface area contributed by atoms with Gasteiger partial charge in [-0.3, -0.25) is 15.1 Å². The Morgan fingerprint density at radius 3 is 2.53 bits per heavy atom. The van der Waals surface area contributed by atoms with Crippen LogP contribution in [0.5, 0.6) is 0 Å². The Balaban J connectivity index is 1.97. The molecule has 0 unspecified atom stereocenters. The number of aromatic nitrogens is 1. The van der Waals surface area contributed by atoms with Crippen molar-refractivity contribution in [3.8, 4) is 0 Å². The van der Waals surface area contributed by atoms with Gasteiger partial charge >= 0.3 is 0 Å². The summed E-state index contributed by atoms with van der Waals surface area (Å²) in [6.45, 7) is 1.22. The fraction of sp³-hybridized carbons (Fsp3) is 0.154. The molecule has 1 aromatic carbocycles. The van der Waals surface area contributed by atoms with Crippen LogP contribution < -0.4 is 5.32 Å². The highest BCUT2D eigenvalue weighted by molar-refractivity contribution is 6.32. The third-order valence-corrected chi connectivity index (χ3v) is 2.93. The van der Waals surface area contributed by atoms with Crippen LogP contribution in [0.2, 0.25) is 5.02 Å². The smallest absolute Gasteiger partial charge is 0.288 e. The monoisotopic (exact) mass is 277 g/mol. The highest BCUT2D eigenvalue weighted by Crippen LogP contribution is 2.24. The first-order valence-electron chi connectivity index (χ1n) is 5.69. The molecule has 6 heteroatoms. The lowest BCUT2D eigenvalue weighted by Crippen LogP contribution is -2.12. The Kier molecular flexibility index (Phi) is 4.43. The van der Waals surface area contributed by atoms with Crippen molar-refractivity contribution in [3.05, 3.63) is 69.0 Å². The predicted molar refractivity (Wildman–Crippen MR) is 72.9 cm³/mol. The molecule has 0 aliphatic carbocycles. The zero-order valence-electron chi connectivity index (χ0n) is 10.0. The van der Waals surface area contributed by atoms with Crippen LogP contribution in [-0.4, -0.2) is 9.91 Å². The molecule has 0 spiro atoms. The molecule has 0 aliphatic rings. The van der Waals surface area contributed by atoms with Crippen LogP contribution in [0.15, 0.2) is 42.7 Å². The van der Waals surface area contributed by atoms with E-state index in [-0.39, 0.29) is 10.7 Å². The Bertz CT molecular complexity index is 575. The second-order valence-corrected chi connectivity index (χ2v) is 4.41. The van der Waals surface area contributed by atoms with Crippen LogP contribution >= 0.6 is 11.6 Å². The van der Waals surface area contributed by atoms with Crippen molar-refractivity contribution in [2.75, 3.05) is 0 Å². The first kappa shape index (κ1) is 13.5. The minimum absolute atomic E-state index is 0.0649. The number of nitrogens with zero attached hydrogens (tertiary/aromatic N) is 2. The maximum Gasteiger partial charge on any atom is 0.288 e. The molecule has 1 N–H and O–H groups in total. The molecule has 19 heavy (non-hydrogen) atoms. The largest absolute Gasteiger partial charge is 0.309 e. The van der Waals surface area contributed by atoms with Gasteiger partial charge in [0.2, 0.25) is 0 Å². The van der Waals surface area contributed by atoms with Gasteiger partial charge in [-0.1, -0.05) is 17.7 Å². The Morgan fingerprint density at radius 2 is 1.84 bits per heavy atom. The van der Waals surface area contributed by atoms with Gasteiger partial charge in [-0.25, -0.2) is 0 Å². The number of hydrogen-bond acceptors (Lipinski definition) is 4. The van der Waals surface area contributed by atoms with Gasteiger partial charge in [-0.15, -0.1) is 0 Å². The van der Waals surface area contributed by atoms with E-state index in [9.17, 15) is 10.1 Å². The summed E-state index contributed by atoms with van der Waals surface area (Å²) >= 11 is 5.75. The lowest BCUT2D eigenvalue weighted by Gasteiger charge is -2.05. The van der Waals surface area contributed by atoms with Crippen LogP contribution in [0.4, 0.5) is 5.69 Å². The Morgan fingerprint density at radius 1 is 1.16 bits per heavy atom. The molecule has 0 saturated carbocycles. The average molecular weight is 278 g/mol. The molecular formula is C13H12ClN3O2. The van der Waals surface area contributed by atoms with E-state index >= 15 is 0 Å². The summed E-state index contributed by atoms with van der Waals surface area (Å²) in [6, 6.07) is 8.63. The van der Waals surface area contributed by atoms with Crippen LogP contribution in [0, 0.1) is 10.1 Å². The van der Waals surface area contributed by atoms with Crippen LogP contribution in [-0.2, 0) is 13.1 Å². The van der Waals surface area contributed by atoms with Gasteiger partial charge in [0.05, 0.1) is 4.92 Å². The molecular weight excluding hydrogens is 266 g/mol. The lowest BCUT2D eigenvalue weighted by atomic mass is 10.2. The molecule has 5 nitrogen and oxygen atoms in total. The molecule has 0 atom stereocenters. The van der Waals surface area contributed by atoms with E-state index in [0.717, 1.165) is 11.1 Å². The van der Waals surface area contributed by atoms with Gasteiger partial charge in [-0.05, 0) is 29.3 Å². The highest BCUT2D eigenvalue weighted by atomic mass is 35.5. The quantitative estimate of drug-likeness (QED) is 0.674. The molecule has 0 radical (unpaired) electrons. The van der Waals surface area contributed by atoms with Crippen molar-refractivity contribution in [2.24, 2.45) is 0 Å². The van der Waals surface area contributed by atoms with Crippen LogP contribution in [0.25, 0.3) is 0 Å².